The Balaban J connectivity index is 2.05. The number of aryl methyl sites for hydroxylation is 1. The smallest absolute Gasteiger partial charge is 0.319 e. The van der Waals surface area contributed by atoms with Crippen LogP contribution in [0.3, 0.4) is 0 Å². The van der Waals surface area contributed by atoms with Gasteiger partial charge in [0.1, 0.15) is 5.75 Å². The Hall–Kier alpha value is -2.53. The topological polar surface area (TPSA) is 70.6 Å². The van der Waals surface area contributed by atoms with Crippen molar-refractivity contribution in [1.29, 1.82) is 0 Å². The Bertz CT molecular complexity index is 659. The van der Waals surface area contributed by atoms with Gasteiger partial charge in [-0.3, -0.25) is 0 Å². The predicted molar refractivity (Wildman–Crippen MR) is 95.4 cm³/mol. The quantitative estimate of drug-likeness (QED) is 0.727. The summed E-state index contributed by atoms with van der Waals surface area (Å²) in [5.74, 6) is 0.753. The van der Waals surface area contributed by atoms with E-state index in [1.807, 2.05) is 55.5 Å². The first-order valence-corrected chi connectivity index (χ1v) is 8.02. The lowest BCUT2D eigenvalue weighted by Gasteiger charge is -2.20. The van der Waals surface area contributed by atoms with Gasteiger partial charge >= 0.3 is 6.03 Å². The van der Waals surface area contributed by atoms with Crippen LogP contribution < -0.4 is 15.4 Å². The molecule has 2 rings (SSSR count). The van der Waals surface area contributed by atoms with Crippen molar-refractivity contribution in [3.63, 3.8) is 0 Å². The molecule has 0 radical (unpaired) electrons. The highest BCUT2D eigenvalue weighted by Crippen LogP contribution is 2.22. The third-order valence-corrected chi connectivity index (χ3v) is 3.84. The van der Waals surface area contributed by atoms with Gasteiger partial charge in [-0.05, 0) is 49.1 Å². The van der Waals surface area contributed by atoms with Crippen molar-refractivity contribution >= 4 is 11.7 Å². The molecule has 5 nitrogen and oxygen atoms in total. The first-order chi connectivity index (χ1) is 11.6. The lowest BCUT2D eigenvalue weighted by molar-refractivity contribution is 0.243. The summed E-state index contributed by atoms with van der Waals surface area (Å²) in [6.07, 6.45) is 1.30. The van der Waals surface area contributed by atoms with E-state index in [4.69, 9.17) is 9.84 Å². The molecule has 0 saturated carbocycles. The number of aliphatic hydroxyl groups excluding tert-OH is 1. The molecule has 3 N–H and O–H groups in total. The van der Waals surface area contributed by atoms with E-state index in [0.29, 0.717) is 12.8 Å². The number of amides is 2. The fourth-order valence-electron chi connectivity index (χ4n) is 2.52. The number of ether oxygens (including phenoxy) is 1. The van der Waals surface area contributed by atoms with E-state index in [0.717, 1.165) is 22.6 Å². The minimum Gasteiger partial charge on any atom is -0.497 e. The van der Waals surface area contributed by atoms with Gasteiger partial charge in [-0.2, -0.15) is 0 Å². The van der Waals surface area contributed by atoms with Gasteiger partial charge in [0.2, 0.25) is 0 Å². The molecule has 0 aliphatic rings. The van der Waals surface area contributed by atoms with E-state index in [2.05, 4.69) is 10.6 Å². The highest BCUT2D eigenvalue weighted by Gasteiger charge is 2.14. The Kier molecular flexibility index (Phi) is 6.63. The molecule has 0 saturated heterocycles. The number of urea groups is 1. The van der Waals surface area contributed by atoms with Crippen molar-refractivity contribution in [3.8, 4) is 5.75 Å². The number of carbonyl (C=O) groups is 1. The minimum atomic E-state index is -0.268. The normalized spacial score (nSPS) is 11.6. The number of aliphatic hydroxyl groups is 1. The molecule has 0 spiro atoms. The van der Waals surface area contributed by atoms with Crippen LogP contribution in [0.5, 0.6) is 5.75 Å². The predicted octanol–water partition coefficient (Wildman–Crippen LogP) is 3.64. The van der Waals surface area contributed by atoms with Gasteiger partial charge in [-0.1, -0.05) is 30.3 Å². The maximum absolute atomic E-state index is 12.4. The zero-order valence-corrected chi connectivity index (χ0v) is 14.1. The van der Waals surface area contributed by atoms with Crippen LogP contribution in [0.4, 0.5) is 10.5 Å². The van der Waals surface area contributed by atoms with Crippen molar-refractivity contribution in [2.45, 2.75) is 25.8 Å². The van der Waals surface area contributed by atoms with E-state index in [1.54, 1.807) is 7.11 Å². The first kappa shape index (κ1) is 17.8. The number of carbonyl (C=O) groups excluding carboxylic acids is 1. The molecule has 0 fully saturated rings. The zero-order valence-electron chi connectivity index (χ0n) is 14.1. The lowest BCUT2D eigenvalue weighted by atomic mass is 10.0. The molecule has 1 atom stereocenters. The van der Waals surface area contributed by atoms with Crippen molar-refractivity contribution in [2.24, 2.45) is 0 Å². The molecule has 0 bridgehead atoms. The van der Waals surface area contributed by atoms with Crippen LogP contribution in [0, 0.1) is 6.92 Å². The maximum atomic E-state index is 12.4. The van der Waals surface area contributed by atoms with Crippen LogP contribution >= 0.6 is 0 Å². The summed E-state index contributed by atoms with van der Waals surface area (Å²) in [6.45, 7) is 2.02. The molecule has 0 aliphatic carbocycles. The van der Waals surface area contributed by atoms with Crippen LogP contribution in [0.1, 0.15) is 30.0 Å². The molecule has 0 heterocycles. The van der Waals surface area contributed by atoms with Crippen LogP contribution in [0.15, 0.2) is 48.5 Å². The van der Waals surface area contributed by atoms with E-state index in [9.17, 15) is 4.79 Å². The molecule has 0 aromatic heterocycles. The fourth-order valence-corrected chi connectivity index (χ4v) is 2.52. The fraction of sp³-hybridized carbons (Fsp3) is 0.316. The molecular weight excluding hydrogens is 304 g/mol. The Morgan fingerprint density at radius 3 is 2.58 bits per heavy atom. The summed E-state index contributed by atoms with van der Waals surface area (Å²) in [6, 6.07) is 14.9. The van der Waals surface area contributed by atoms with Crippen molar-refractivity contribution < 1.29 is 14.6 Å². The monoisotopic (exact) mass is 328 g/mol. The van der Waals surface area contributed by atoms with Gasteiger partial charge in [0.05, 0.1) is 13.2 Å². The summed E-state index contributed by atoms with van der Waals surface area (Å²) in [5, 5.41) is 14.9. The molecule has 2 amide bonds. The second-order valence-corrected chi connectivity index (χ2v) is 5.61. The molecule has 0 aliphatic heterocycles. The average molecular weight is 328 g/mol. The molecule has 128 valence electrons. The number of rotatable bonds is 7. The van der Waals surface area contributed by atoms with Gasteiger partial charge < -0.3 is 20.5 Å². The molecular formula is C19H24N2O3. The highest BCUT2D eigenvalue weighted by molar-refractivity contribution is 5.90. The molecule has 5 heteroatoms. The summed E-state index contributed by atoms with van der Waals surface area (Å²) in [4.78, 5) is 12.4. The molecule has 24 heavy (non-hydrogen) atoms. The largest absolute Gasteiger partial charge is 0.497 e. The third kappa shape index (κ3) is 4.99. The summed E-state index contributed by atoms with van der Waals surface area (Å²) in [5.41, 5.74) is 2.69. The van der Waals surface area contributed by atoms with Gasteiger partial charge in [-0.15, -0.1) is 0 Å². The van der Waals surface area contributed by atoms with E-state index < -0.39 is 0 Å². The number of methoxy groups -OCH3 is 1. The van der Waals surface area contributed by atoms with Gasteiger partial charge in [0, 0.05) is 12.3 Å². The summed E-state index contributed by atoms with van der Waals surface area (Å²) < 4.78 is 5.17. The van der Waals surface area contributed by atoms with Gasteiger partial charge in [0.25, 0.3) is 0 Å². The average Bonchev–Trinajstić information content (AvgIpc) is 2.61. The molecule has 2 aromatic rings. The lowest BCUT2D eigenvalue weighted by Crippen LogP contribution is -2.33. The Morgan fingerprint density at radius 2 is 1.96 bits per heavy atom. The molecule has 2 aromatic carbocycles. The van der Waals surface area contributed by atoms with E-state index >= 15 is 0 Å². The SMILES string of the molecule is COc1ccc(NC(=O)N[C@H](CCCO)c2ccccc2)c(C)c1. The van der Waals surface area contributed by atoms with Crippen LogP contribution in [-0.2, 0) is 0 Å². The third-order valence-electron chi connectivity index (χ3n) is 3.84. The van der Waals surface area contributed by atoms with Crippen LogP contribution in [0.25, 0.3) is 0 Å². The minimum absolute atomic E-state index is 0.101. The first-order valence-electron chi connectivity index (χ1n) is 8.02. The number of nitrogens with one attached hydrogen (secondary N) is 2. The van der Waals surface area contributed by atoms with Gasteiger partial charge in [-0.25, -0.2) is 4.79 Å². The van der Waals surface area contributed by atoms with Crippen LogP contribution in [0.2, 0.25) is 0 Å². The second kappa shape index (κ2) is 8.93. The summed E-state index contributed by atoms with van der Waals surface area (Å²) in [7, 11) is 1.61. The van der Waals surface area contributed by atoms with Gasteiger partial charge in [0.15, 0.2) is 0 Å². The Labute approximate surface area is 142 Å². The summed E-state index contributed by atoms with van der Waals surface area (Å²) >= 11 is 0. The standard InChI is InChI=1S/C19H24N2O3/c1-14-13-16(24-2)10-11-17(14)20-19(23)21-18(9-6-12-22)15-7-4-3-5-8-15/h3-5,7-8,10-11,13,18,22H,6,9,12H2,1-2H3,(H2,20,21,23)/t18-/m1/s1. The van der Waals surface area contributed by atoms with Crippen molar-refractivity contribution in [1.82, 2.24) is 5.32 Å². The number of benzene rings is 2. The highest BCUT2D eigenvalue weighted by atomic mass is 16.5. The maximum Gasteiger partial charge on any atom is 0.319 e. The molecule has 0 unspecified atom stereocenters. The zero-order chi connectivity index (χ0) is 17.4. The van der Waals surface area contributed by atoms with Crippen LogP contribution in [-0.4, -0.2) is 24.9 Å². The van der Waals surface area contributed by atoms with Crippen molar-refractivity contribution in [2.75, 3.05) is 19.0 Å². The number of hydrogen-bond acceptors (Lipinski definition) is 3. The van der Waals surface area contributed by atoms with E-state index in [1.165, 1.54) is 0 Å². The van der Waals surface area contributed by atoms with E-state index in [-0.39, 0.29) is 18.7 Å². The number of hydrogen-bond donors (Lipinski definition) is 3. The number of anilines is 1. The van der Waals surface area contributed by atoms with Crippen molar-refractivity contribution in [3.05, 3.63) is 59.7 Å². The second-order valence-electron chi connectivity index (χ2n) is 5.61. The Morgan fingerprint density at radius 1 is 1.21 bits per heavy atom.